The second-order valence-electron chi connectivity index (χ2n) is 4.49. The molecule has 2 N–H and O–H groups in total. The summed E-state index contributed by atoms with van der Waals surface area (Å²) in [7, 11) is 0. The van der Waals surface area contributed by atoms with Crippen molar-refractivity contribution in [2.75, 3.05) is 19.8 Å². The first-order chi connectivity index (χ1) is 7.84. The van der Waals surface area contributed by atoms with Gasteiger partial charge in [0, 0.05) is 5.56 Å². The molecular weight excluding hydrogens is 202 g/mol. The Bertz CT molecular complexity index is 397. The summed E-state index contributed by atoms with van der Waals surface area (Å²) >= 11 is 0. The van der Waals surface area contributed by atoms with E-state index in [1.165, 1.54) is 30.4 Å². The highest BCUT2D eigenvalue weighted by Gasteiger charge is 2.37. The van der Waals surface area contributed by atoms with Gasteiger partial charge in [0.2, 0.25) is 5.79 Å². The smallest absolute Gasteiger partial charge is 0.207 e. The van der Waals surface area contributed by atoms with E-state index in [2.05, 4.69) is 18.2 Å². The minimum Gasteiger partial charge on any atom is -0.342 e. The first kappa shape index (κ1) is 10.3. The van der Waals surface area contributed by atoms with Crippen LogP contribution in [0.15, 0.2) is 18.2 Å². The van der Waals surface area contributed by atoms with E-state index in [1.807, 2.05) is 0 Å². The number of nitrogens with two attached hydrogens (primary N) is 1. The summed E-state index contributed by atoms with van der Waals surface area (Å²) in [6.07, 6.45) is 3.63. The SMILES string of the molecule is NCC1(c2ccc3c(c2)CCC3)OCCO1. The van der Waals surface area contributed by atoms with E-state index in [-0.39, 0.29) is 0 Å². The molecule has 1 fully saturated rings. The van der Waals surface area contributed by atoms with Crippen LogP contribution in [0.25, 0.3) is 0 Å². The summed E-state index contributed by atoms with van der Waals surface area (Å²) in [5.41, 5.74) is 9.77. The largest absolute Gasteiger partial charge is 0.342 e. The lowest BCUT2D eigenvalue weighted by Gasteiger charge is -2.26. The summed E-state index contributed by atoms with van der Waals surface area (Å²) in [5.74, 6) is -0.683. The van der Waals surface area contributed by atoms with Gasteiger partial charge in [-0.2, -0.15) is 0 Å². The topological polar surface area (TPSA) is 44.5 Å². The molecule has 0 bridgehead atoms. The Morgan fingerprint density at radius 3 is 2.62 bits per heavy atom. The number of benzene rings is 1. The molecule has 3 heteroatoms. The molecule has 1 saturated heterocycles. The van der Waals surface area contributed by atoms with Gasteiger partial charge in [-0.15, -0.1) is 0 Å². The summed E-state index contributed by atoms with van der Waals surface area (Å²) in [4.78, 5) is 0. The third-order valence-corrected chi connectivity index (χ3v) is 3.56. The monoisotopic (exact) mass is 219 g/mol. The summed E-state index contributed by atoms with van der Waals surface area (Å²) in [6, 6.07) is 6.50. The summed E-state index contributed by atoms with van der Waals surface area (Å²) in [5, 5.41) is 0. The predicted molar refractivity (Wildman–Crippen MR) is 61.1 cm³/mol. The summed E-state index contributed by atoms with van der Waals surface area (Å²) in [6.45, 7) is 1.65. The second kappa shape index (κ2) is 3.84. The highest BCUT2D eigenvalue weighted by molar-refractivity contribution is 5.37. The minimum atomic E-state index is -0.683. The van der Waals surface area contributed by atoms with Crippen LogP contribution in [0.5, 0.6) is 0 Å². The van der Waals surface area contributed by atoms with Crippen molar-refractivity contribution in [2.45, 2.75) is 25.0 Å². The van der Waals surface area contributed by atoms with E-state index >= 15 is 0 Å². The highest BCUT2D eigenvalue weighted by Crippen LogP contribution is 2.33. The molecule has 2 aliphatic rings. The molecule has 1 heterocycles. The van der Waals surface area contributed by atoms with E-state index in [0.29, 0.717) is 19.8 Å². The molecule has 0 aromatic heterocycles. The maximum atomic E-state index is 5.80. The molecule has 0 amide bonds. The Hall–Kier alpha value is -0.900. The van der Waals surface area contributed by atoms with Crippen LogP contribution in [-0.4, -0.2) is 19.8 Å². The quantitative estimate of drug-likeness (QED) is 0.816. The molecule has 0 radical (unpaired) electrons. The van der Waals surface area contributed by atoms with Gasteiger partial charge in [-0.25, -0.2) is 0 Å². The minimum absolute atomic E-state index is 0.381. The van der Waals surface area contributed by atoms with E-state index in [0.717, 1.165) is 5.56 Å². The van der Waals surface area contributed by atoms with Crippen LogP contribution >= 0.6 is 0 Å². The summed E-state index contributed by atoms with van der Waals surface area (Å²) < 4.78 is 11.4. The van der Waals surface area contributed by atoms with Crippen molar-refractivity contribution < 1.29 is 9.47 Å². The number of ether oxygens (including phenoxy) is 2. The molecule has 3 nitrogen and oxygen atoms in total. The Kier molecular flexibility index (Phi) is 2.46. The Morgan fingerprint density at radius 1 is 1.12 bits per heavy atom. The van der Waals surface area contributed by atoms with Gasteiger partial charge in [-0.05, 0) is 30.4 Å². The van der Waals surface area contributed by atoms with E-state index < -0.39 is 5.79 Å². The molecule has 1 aliphatic carbocycles. The van der Waals surface area contributed by atoms with Crippen LogP contribution in [0, 0.1) is 0 Å². The average Bonchev–Trinajstić information content (AvgIpc) is 2.97. The zero-order valence-corrected chi connectivity index (χ0v) is 9.37. The molecular formula is C13H17NO2. The van der Waals surface area contributed by atoms with Crippen molar-refractivity contribution in [1.29, 1.82) is 0 Å². The van der Waals surface area contributed by atoms with E-state index in [4.69, 9.17) is 15.2 Å². The van der Waals surface area contributed by atoms with Gasteiger partial charge < -0.3 is 15.2 Å². The average molecular weight is 219 g/mol. The zero-order valence-electron chi connectivity index (χ0n) is 9.37. The molecule has 3 rings (SSSR count). The fraction of sp³-hybridized carbons (Fsp3) is 0.538. The van der Waals surface area contributed by atoms with Crippen molar-refractivity contribution in [3.8, 4) is 0 Å². The molecule has 1 aromatic carbocycles. The van der Waals surface area contributed by atoms with Crippen molar-refractivity contribution in [2.24, 2.45) is 5.73 Å². The van der Waals surface area contributed by atoms with E-state index in [9.17, 15) is 0 Å². The zero-order chi connectivity index (χ0) is 11.0. The van der Waals surface area contributed by atoms with Crippen LogP contribution in [0.3, 0.4) is 0 Å². The van der Waals surface area contributed by atoms with Crippen molar-refractivity contribution in [1.82, 2.24) is 0 Å². The second-order valence-corrected chi connectivity index (χ2v) is 4.49. The van der Waals surface area contributed by atoms with Gasteiger partial charge in [0.1, 0.15) is 0 Å². The first-order valence-corrected chi connectivity index (χ1v) is 5.94. The Morgan fingerprint density at radius 2 is 1.88 bits per heavy atom. The number of fused-ring (bicyclic) bond motifs is 1. The number of hydrogen-bond acceptors (Lipinski definition) is 3. The van der Waals surface area contributed by atoms with Crippen molar-refractivity contribution >= 4 is 0 Å². The lowest BCUT2D eigenvalue weighted by Crippen LogP contribution is -2.36. The van der Waals surface area contributed by atoms with Crippen LogP contribution in [-0.2, 0) is 28.1 Å². The third-order valence-electron chi connectivity index (χ3n) is 3.56. The van der Waals surface area contributed by atoms with E-state index in [1.54, 1.807) is 0 Å². The molecule has 0 unspecified atom stereocenters. The molecule has 1 aliphatic heterocycles. The molecule has 86 valence electrons. The molecule has 16 heavy (non-hydrogen) atoms. The molecule has 1 aromatic rings. The first-order valence-electron chi connectivity index (χ1n) is 5.94. The molecule has 0 atom stereocenters. The number of rotatable bonds is 2. The maximum absolute atomic E-state index is 5.80. The molecule has 0 spiro atoms. The number of aryl methyl sites for hydroxylation is 2. The third kappa shape index (κ3) is 1.47. The van der Waals surface area contributed by atoms with Gasteiger partial charge in [-0.1, -0.05) is 18.2 Å². The fourth-order valence-electron chi connectivity index (χ4n) is 2.67. The van der Waals surface area contributed by atoms with Crippen LogP contribution in [0.1, 0.15) is 23.1 Å². The predicted octanol–water partition coefficient (Wildman–Crippen LogP) is 1.33. The normalized spacial score (nSPS) is 22.3. The highest BCUT2D eigenvalue weighted by atomic mass is 16.7. The van der Waals surface area contributed by atoms with Crippen molar-refractivity contribution in [3.05, 3.63) is 34.9 Å². The standard InChI is InChI=1S/C13H17NO2/c14-9-13(15-6-7-16-13)12-5-4-10-2-1-3-11(10)8-12/h4-5,8H,1-3,6-7,9,14H2. The Balaban J connectivity index is 1.99. The van der Waals surface area contributed by atoms with Crippen LogP contribution < -0.4 is 5.73 Å². The van der Waals surface area contributed by atoms with Gasteiger partial charge in [0.15, 0.2) is 0 Å². The maximum Gasteiger partial charge on any atom is 0.207 e. The van der Waals surface area contributed by atoms with Crippen LogP contribution in [0.4, 0.5) is 0 Å². The van der Waals surface area contributed by atoms with Gasteiger partial charge in [-0.3, -0.25) is 0 Å². The Labute approximate surface area is 95.5 Å². The number of hydrogen-bond donors (Lipinski definition) is 1. The lowest BCUT2D eigenvalue weighted by molar-refractivity contribution is -0.156. The fourth-order valence-corrected chi connectivity index (χ4v) is 2.67. The lowest BCUT2D eigenvalue weighted by atomic mass is 10.0. The van der Waals surface area contributed by atoms with Crippen LogP contribution in [0.2, 0.25) is 0 Å². The van der Waals surface area contributed by atoms with Gasteiger partial charge in [0.25, 0.3) is 0 Å². The van der Waals surface area contributed by atoms with Crippen molar-refractivity contribution in [3.63, 3.8) is 0 Å². The van der Waals surface area contributed by atoms with Gasteiger partial charge >= 0.3 is 0 Å². The van der Waals surface area contributed by atoms with Gasteiger partial charge in [0.05, 0.1) is 19.8 Å². The molecule has 0 saturated carbocycles.